The number of methoxy groups -OCH3 is 1. The van der Waals surface area contributed by atoms with E-state index in [-0.39, 0.29) is 0 Å². The molecule has 5 nitrogen and oxygen atoms in total. The minimum atomic E-state index is 0.680. The van der Waals surface area contributed by atoms with Gasteiger partial charge in [0.1, 0.15) is 0 Å². The Labute approximate surface area is 107 Å². The highest BCUT2D eigenvalue weighted by Gasteiger charge is 2.03. The number of pyridine rings is 1. The molecule has 0 aliphatic rings. The van der Waals surface area contributed by atoms with Crippen LogP contribution in [-0.2, 0) is 17.8 Å². The monoisotopic (exact) mass is 246 g/mol. The van der Waals surface area contributed by atoms with Crippen molar-refractivity contribution in [3.63, 3.8) is 0 Å². The Balaban J connectivity index is 1.98. The van der Waals surface area contributed by atoms with Crippen LogP contribution in [0.1, 0.15) is 11.1 Å². The lowest BCUT2D eigenvalue weighted by atomic mass is 10.1. The van der Waals surface area contributed by atoms with Gasteiger partial charge in [-0.15, -0.1) is 0 Å². The van der Waals surface area contributed by atoms with Crippen LogP contribution in [0.25, 0.3) is 0 Å². The molecule has 2 rings (SSSR count). The zero-order valence-corrected chi connectivity index (χ0v) is 10.8. The average molecular weight is 246 g/mol. The molecule has 0 radical (unpaired) electrons. The summed E-state index contributed by atoms with van der Waals surface area (Å²) in [5.41, 5.74) is 2.41. The molecule has 0 saturated heterocycles. The molecule has 0 amide bonds. The second-order valence-electron chi connectivity index (χ2n) is 4.09. The van der Waals surface area contributed by atoms with E-state index in [1.54, 1.807) is 19.5 Å². The molecule has 2 aromatic rings. The average Bonchev–Trinajstić information content (AvgIpc) is 2.83. The normalized spacial score (nSPS) is 10.6. The summed E-state index contributed by atoms with van der Waals surface area (Å²) >= 11 is 0. The van der Waals surface area contributed by atoms with Gasteiger partial charge in [0, 0.05) is 45.0 Å². The fourth-order valence-electron chi connectivity index (χ4n) is 1.72. The molecule has 2 aromatic heterocycles. The number of aryl methyl sites for hydroxylation is 1. The molecule has 0 fully saturated rings. The molecule has 0 aromatic carbocycles. The Kier molecular flexibility index (Phi) is 4.30. The van der Waals surface area contributed by atoms with Gasteiger partial charge in [-0.2, -0.15) is 0 Å². The van der Waals surface area contributed by atoms with Crippen molar-refractivity contribution in [3.8, 4) is 0 Å². The number of aromatic nitrogens is 3. The highest BCUT2D eigenvalue weighted by Crippen LogP contribution is 2.09. The highest BCUT2D eigenvalue weighted by atomic mass is 16.5. The summed E-state index contributed by atoms with van der Waals surface area (Å²) in [5.74, 6) is 0.864. The summed E-state index contributed by atoms with van der Waals surface area (Å²) in [5, 5.41) is 3.33. The lowest BCUT2D eigenvalue weighted by Crippen LogP contribution is -2.10. The van der Waals surface area contributed by atoms with E-state index in [4.69, 9.17) is 4.74 Å². The van der Waals surface area contributed by atoms with Crippen LogP contribution in [-0.4, -0.2) is 28.3 Å². The molecular formula is C13H18N4O. The van der Waals surface area contributed by atoms with Gasteiger partial charge in [-0.1, -0.05) is 0 Å². The Morgan fingerprint density at radius 3 is 3.06 bits per heavy atom. The first-order valence-electron chi connectivity index (χ1n) is 5.94. The van der Waals surface area contributed by atoms with E-state index >= 15 is 0 Å². The van der Waals surface area contributed by atoms with Crippen LogP contribution >= 0.6 is 0 Å². The zero-order chi connectivity index (χ0) is 12.8. The Morgan fingerprint density at radius 2 is 2.28 bits per heavy atom. The van der Waals surface area contributed by atoms with Crippen LogP contribution in [0.2, 0.25) is 0 Å². The van der Waals surface area contributed by atoms with E-state index in [1.165, 1.54) is 11.1 Å². The first-order valence-corrected chi connectivity index (χ1v) is 5.94. The SMILES string of the molecule is COCCn1ccnc1NCc1ccncc1C. The fraction of sp³-hybridized carbons (Fsp3) is 0.385. The maximum atomic E-state index is 5.07. The third kappa shape index (κ3) is 3.07. The summed E-state index contributed by atoms with van der Waals surface area (Å²) in [7, 11) is 1.70. The first kappa shape index (κ1) is 12.6. The zero-order valence-electron chi connectivity index (χ0n) is 10.8. The van der Waals surface area contributed by atoms with Crippen molar-refractivity contribution in [1.82, 2.24) is 14.5 Å². The number of anilines is 1. The standard InChI is InChI=1S/C13H18N4O/c1-11-9-14-4-3-12(11)10-16-13-15-5-6-17(13)7-8-18-2/h3-6,9H,7-8,10H2,1-2H3,(H,15,16). The first-order chi connectivity index (χ1) is 8.81. The van der Waals surface area contributed by atoms with Crippen LogP contribution in [0.5, 0.6) is 0 Å². The molecular weight excluding hydrogens is 228 g/mol. The van der Waals surface area contributed by atoms with Gasteiger partial charge in [-0.25, -0.2) is 4.98 Å². The summed E-state index contributed by atoms with van der Waals surface area (Å²) in [6.45, 7) is 4.28. The van der Waals surface area contributed by atoms with Gasteiger partial charge in [0.15, 0.2) is 0 Å². The summed E-state index contributed by atoms with van der Waals surface area (Å²) in [4.78, 5) is 8.38. The van der Waals surface area contributed by atoms with E-state index in [0.717, 1.165) is 19.0 Å². The number of imidazole rings is 1. The molecule has 0 saturated carbocycles. The van der Waals surface area contributed by atoms with Crippen LogP contribution in [0.15, 0.2) is 30.9 Å². The minimum Gasteiger partial charge on any atom is -0.383 e. The molecule has 0 unspecified atom stereocenters. The van der Waals surface area contributed by atoms with Crippen molar-refractivity contribution in [2.75, 3.05) is 19.0 Å². The minimum absolute atomic E-state index is 0.680. The van der Waals surface area contributed by atoms with Gasteiger partial charge in [0.25, 0.3) is 0 Å². The van der Waals surface area contributed by atoms with Crippen molar-refractivity contribution in [3.05, 3.63) is 42.0 Å². The number of ether oxygens (including phenoxy) is 1. The third-order valence-electron chi connectivity index (χ3n) is 2.83. The molecule has 0 aliphatic heterocycles. The molecule has 96 valence electrons. The van der Waals surface area contributed by atoms with Gasteiger partial charge in [-0.05, 0) is 24.1 Å². The predicted octanol–water partition coefficient (Wildman–Crippen LogP) is 1.85. The molecule has 0 atom stereocenters. The largest absolute Gasteiger partial charge is 0.383 e. The van der Waals surface area contributed by atoms with Crippen molar-refractivity contribution in [2.45, 2.75) is 20.0 Å². The van der Waals surface area contributed by atoms with Gasteiger partial charge in [-0.3, -0.25) is 4.98 Å². The molecule has 18 heavy (non-hydrogen) atoms. The highest BCUT2D eigenvalue weighted by molar-refractivity contribution is 5.31. The second kappa shape index (κ2) is 6.16. The summed E-state index contributed by atoms with van der Waals surface area (Å²) < 4.78 is 7.11. The molecule has 0 bridgehead atoms. The van der Waals surface area contributed by atoms with Gasteiger partial charge in [0.05, 0.1) is 6.61 Å². The van der Waals surface area contributed by atoms with Gasteiger partial charge in [0.2, 0.25) is 5.95 Å². The molecule has 1 N–H and O–H groups in total. The van der Waals surface area contributed by atoms with Crippen molar-refractivity contribution >= 4 is 5.95 Å². The Bertz CT molecular complexity index is 495. The molecule has 0 spiro atoms. The van der Waals surface area contributed by atoms with E-state index < -0.39 is 0 Å². The van der Waals surface area contributed by atoms with E-state index in [2.05, 4.69) is 22.2 Å². The van der Waals surface area contributed by atoms with Crippen LogP contribution < -0.4 is 5.32 Å². The summed E-state index contributed by atoms with van der Waals surface area (Å²) in [6.07, 6.45) is 7.41. The molecule has 0 aliphatic carbocycles. The van der Waals surface area contributed by atoms with Crippen LogP contribution in [0.4, 0.5) is 5.95 Å². The predicted molar refractivity (Wildman–Crippen MR) is 70.4 cm³/mol. The second-order valence-corrected chi connectivity index (χ2v) is 4.09. The number of rotatable bonds is 6. The van der Waals surface area contributed by atoms with Gasteiger partial charge < -0.3 is 14.6 Å². The van der Waals surface area contributed by atoms with E-state index in [0.29, 0.717) is 6.61 Å². The molecule has 5 heteroatoms. The Morgan fingerprint density at radius 1 is 1.39 bits per heavy atom. The van der Waals surface area contributed by atoms with Crippen molar-refractivity contribution < 1.29 is 4.74 Å². The maximum Gasteiger partial charge on any atom is 0.203 e. The van der Waals surface area contributed by atoms with E-state index in [1.807, 2.05) is 23.0 Å². The van der Waals surface area contributed by atoms with Crippen molar-refractivity contribution in [2.24, 2.45) is 0 Å². The lowest BCUT2D eigenvalue weighted by molar-refractivity contribution is 0.187. The number of hydrogen-bond donors (Lipinski definition) is 1. The Hall–Kier alpha value is -1.88. The number of hydrogen-bond acceptors (Lipinski definition) is 4. The van der Waals surface area contributed by atoms with E-state index in [9.17, 15) is 0 Å². The maximum absolute atomic E-state index is 5.07. The third-order valence-corrected chi connectivity index (χ3v) is 2.83. The van der Waals surface area contributed by atoms with Crippen LogP contribution in [0, 0.1) is 6.92 Å². The lowest BCUT2D eigenvalue weighted by Gasteiger charge is -2.10. The molecule has 2 heterocycles. The number of nitrogens with zero attached hydrogens (tertiary/aromatic N) is 3. The topological polar surface area (TPSA) is 52.0 Å². The van der Waals surface area contributed by atoms with Crippen molar-refractivity contribution in [1.29, 1.82) is 0 Å². The summed E-state index contributed by atoms with van der Waals surface area (Å²) in [6, 6.07) is 2.02. The number of nitrogens with one attached hydrogen (secondary N) is 1. The van der Waals surface area contributed by atoms with Gasteiger partial charge >= 0.3 is 0 Å². The van der Waals surface area contributed by atoms with Crippen LogP contribution in [0.3, 0.4) is 0 Å². The fourth-order valence-corrected chi connectivity index (χ4v) is 1.72. The smallest absolute Gasteiger partial charge is 0.203 e. The quantitative estimate of drug-likeness (QED) is 0.845.